The molecule has 17 heavy (non-hydrogen) atoms. The van der Waals surface area contributed by atoms with E-state index in [-0.39, 0.29) is 24.6 Å². The SMILES string of the molecule is COCOC[C@@]1(O)CC[C@H](C(C)(C)C)CC1=O. The molecule has 0 aromatic heterocycles. The zero-order valence-electron chi connectivity index (χ0n) is 11.3. The Balaban J connectivity index is 2.55. The fourth-order valence-electron chi connectivity index (χ4n) is 2.25. The number of methoxy groups -OCH3 is 1. The maximum atomic E-state index is 12.0. The van der Waals surface area contributed by atoms with Crippen molar-refractivity contribution in [1.82, 2.24) is 0 Å². The Morgan fingerprint density at radius 1 is 1.47 bits per heavy atom. The molecule has 0 aromatic rings. The molecule has 2 atom stereocenters. The van der Waals surface area contributed by atoms with Gasteiger partial charge in [0.05, 0.1) is 6.61 Å². The van der Waals surface area contributed by atoms with Gasteiger partial charge in [-0.05, 0) is 24.2 Å². The minimum atomic E-state index is -1.31. The van der Waals surface area contributed by atoms with E-state index in [9.17, 15) is 9.90 Å². The molecule has 1 saturated carbocycles. The summed E-state index contributed by atoms with van der Waals surface area (Å²) in [5, 5.41) is 10.2. The standard InChI is InChI=1S/C13H24O4/c1-12(2,3)10-5-6-13(15,11(14)7-10)8-17-9-16-4/h10,15H,5-9H2,1-4H3/t10-,13-/m0/s1. The lowest BCUT2D eigenvalue weighted by molar-refractivity contribution is -0.159. The van der Waals surface area contributed by atoms with Gasteiger partial charge in [-0.2, -0.15) is 0 Å². The van der Waals surface area contributed by atoms with Gasteiger partial charge in [-0.3, -0.25) is 4.79 Å². The molecule has 0 aromatic carbocycles. The molecule has 1 fully saturated rings. The van der Waals surface area contributed by atoms with E-state index >= 15 is 0 Å². The topological polar surface area (TPSA) is 55.8 Å². The average Bonchev–Trinajstić information content (AvgIpc) is 2.21. The van der Waals surface area contributed by atoms with Gasteiger partial charge in [-0.1, -0.05) is 20.8 Å². The summed E-state index contributed by atoms with van der Waals surface area (Å²) < 4.78 is 9.87. The van der Waals surface area contributed by atoms with Crippen LogP contribution >= 0.6 is 0 Å². The second-order valence-corrected chi connectivity index (χ2v) is 6.02. The molecular weight excluding hydrogens is 220 g/mol. The van der Waals surface area contributed by atoms with Gasteiger partial charge in [0.25, 0.3) is 0 Å². The number of carbonyl (C=O) groups is 1. The van der Waals surface area contributed by atoms with Crippen molar-refractivity contribution in [2.75, 3.05) is 20.5 Å². The van der Waals surface area contributed by atoms with Crippen LogP contribution < -0.4 is 0 Å². The zero-order valence-corrected chi connectivity index (χ0v) is 11.3. The number of Topliss-reactive ketones (excluding diaryl/α,β-unsaturated/α-hetero) is 1. The molecule has 1 aliphatic carbocycles. The highest BCUT2D eigenvalue weighted by Crippen LogP contribution is 2.39. The highest BCUT2D eigenvalue weighted by atomic mass is 16.7. The molecule has 1 rings (SSSR count). The number of ether oxygens (including phenoxy) is 2. The fraction of sp³-hybridized carbons (Fsp3) is 0.923. The Hall–Kier alpha value is -0.450. The number of ketones is 1. The molecule has 0 unspecified atom stereocenters. The van der Waals surface area contributed by atoms with Crippen LogP contribution in [0.4, 0.5) is 0 Å². The summed E-state index contributed by atoms with van der Waals surface area (Å²) in [5.41, 5.74) is -1.19. The lowest BCUT2D eigenvalue weighted by Gasteiger charge is -2.39. The van der Waals surface area contributed by atoms with Crippen molar-refractivity contribution < 1.29 is 19.4 Å². The molecular formula is C13H24O4. The maximum Gasteiger partial charge on any atom is 0.167 e. The number of carbonyl (C=O) groups excluding carboxylic acids is 1. The average molecular weight is 244 g/mol. The molecule has 0 bridgehead atoms. The third-order valence-electron chi connectivity index (χ3n) is 3.62. The van der Waals surface area contributed by atoms with Crippen LogP contribution in [0, 0.1) is 11.3 Å². The highest BCUT2D eigenvalue weighted by Gasteiger charge is 2.44. The number of rotatable bonds is 4. The van der Waals surface area contributed by atoms with Gasteiger partial charge in [0.15, 0.2) is 5.78 Å². The van der Waals surface area contributed by atoms with E-state index in [1.165, 1.54) is 7.11 Å². The van der Waals surface area contributed by atoms with Crippen molar-refractivity contribution in [3.8, 4) is 0 Å². The van der Waals surface area contributed by atoms with Crippen LogP contribution in [0.2, 0.25) is 0 Å². The number of hydrogen-bond donors (Lipinski definition) is 1. The predicted molar refractivity (Wildman–Crippen MR) is 64.6 cm³/mol. The quantitative estimate of drug-likeness (QED) is 0.604. The van der Waals surface area contributed by atoms with Crippen LogP contribution in [0.5, 0.6) is 0 Å². The number of hydrogen-bond acceptors (Lipinski definition) is 4. The van der Waals surface area contributed by atoms with Crippen molar-refractivity contribution in [3.05, 3.63) is 0 Å². The van der Waals surface area contributed by atoms with Crippen LogP contribution in [-0.4, -0.2) is 37.0 Å². The summed E-state index contributed by atoms with van der Waals surface area (Å²) in [6.07, 6.45) is 1.79. The Labute approximate surface area is 103 Å². The van der Waals surface area contributed by atoms with Crippen LogP contribution in [0.1, 0.15) is 40.0 Å². The zero-order chi connectivity index (χ0) is 13.1. The normalized spacial score (nSPS) is 30.6. The first-order chi connectivity index (χ1) is 7.79. The lowest BCUT2D eigenvalue weighted by Crippen LogP contribution is -2.49. The molecule has 0 aliphatic heterocycles. The minimum absolute atomic E-state index is 0.0382. The van der Waals surface area contributed by atoms with Crippen LogP contribution in [-0.2, 0) is 14.3 Å². The van der Waals surface area contributed by atoms with Crippen molar-refractivity contribution in [3.63, 3.8) is 0 Å². The molecule has 0 heterocycles. The van der Waals surface area contributed by atoms with Crippen LogP contribution in [0.25, 0.3) is 0 Å². The highest BCUT2D eigenvalue weighted by molar-refractivity contribution is 5.88. The van der Waals surface area contributed by atoms with Gasteiger partial charge in [-0.15, -0.1) is 0 Å². The maximum absolute atomic E-state index is 12.0. The first-order valence-electron chi connectivity index (χ1n) is 6.12. The largest absolute Gasteiger partial charge is 0.380 e. The molecule has 4 nitrogen and oxygen atoms in total. The fourth-order valence-corrected chi connectivity index (χ4v) is 2.25. The van der Waals surface area contributed by atoms with E-state index in [4.69, 9.17) is 9.47 Å². The smallest absolute Gasteiger partial charge is 0.167 e. The third kappa shape index (κ3) is 3.76. The molecule has 0 spiro atoms. The summed E-state index contributed by atoms with van der Waals surface area (Å²) in [7, 11) is 1.52. The molecule has 4 heteroatoms. The Bertz CT molecular complexity index is 269. The molecule has 0 saturated heterocycles. The first-order valence-corrected chi connectivity index (χ1v) is 6.12. The summed E-state index contributed by atoms with van der Waals surface area (Å²) >= 11 is 0. The molecule has 100 valence electrons. The van der Waals surface area contributed by atoms with E-state index in [2.05, 4.69) is 20.8 Å². The summed E-state index contributed by atoms with van der Waals surface area (Å²) in [5.74, 6) is 0.248. The van der Waals surface area contributed by atoms with Gasteiger partial charge in [0.2, 0.25) is 0 Å². The van der Waals surface area contributed by atoms with Crippen molar-refractivity contribution in [2.24, 2.45) is 11.3 Å². The second-order valence-electron chi connectivity index (χ2n) is 6.02. The molecule has 0 radical (unpaired) electrons. The van der Waals surface area contributed by atoms with Gasteiger partial charge < -0.3 is 14.6 Å². The second kappa shape index (κ2) is 5.46. The van der Waals surface area contributed by atoms with Crippen molar-refractivity contribution in [2.45, 2.75) is 45.6 Å². The lowest BCUT2D eigenvalue weighted by atomic mass is 9.68. The van der Waals surface area contributed by atoms with E-state index in [0.29, 0.717) is 18.8 Å². The predicted octanol–water partition coefficient (Wildman–Crippen LogP) is 1.75. The molecule has 1 aliphatic rings. The van der Waals surface area contributed by atoms with Gasteiger partial charge in [0, 0.05) is 13.5 Å². The van der Waals surface area contributed by atoms with Gasteiger partial charge in [-0.25, -0.2) is 0 Å². The van der Waals surface area contributed by atoms with E-state index in [0.717, 1.165) is 6.42 Å². The Morgan fingerprint density at radius 3 is 2.59 bits per heavy atom. The first kappa shape index (κ1) is 14.6. The van der Waals surface area contributed by atoms with E-state index < -0.39 is 5.60 Å². The Morgan fingerprint density at radius 2 is 2.12 bits per heavy atom. The summed E-state index contributed by atoms with van der Waals surface area (Å²) in [4.78, 5) is 12.0. The summed E-state index contributed by atoms with van der Waals surface area (Å²) in [6, 6.07) is 0. The van der Waals surface area contributed by atoms with Crippen LogP contribution in [0.3, 0.4) is 0 Å². The van der Waals surface area contributed by atoms with Gasteiger partial charge in [0.1, 0.15) is 12.4 Å². The Kier molecular flexibility index (Phi) is 4.69. The minimum Gasteiger partial charge on any atom is -0.380 e. The monoisotopic (exact) mass is 244 g/mol. The molecule has 1 N–H and O–H groups in total. The molecule has 0 amide bonds. The van der Waals surface area contributed by atoms with E-state index in [1.807, 2.05) is 0 Å². The van der Waals surface area contributed by atoms with Crippen LogP contribution in [0.15, 0.2) is 0 Å². The van der Waals surface area contributed by atoms with Crippen molar-refractivity contribution in [1.29, 1.82) is 0 Å². The van der Waals surface area contributed by atoms with E-state index in [1.54, 1.807) is 0 Å². The van der Waals surface area contributed by atoms with Crippen molar-refractivity contribution >= 4 is 5.78 Å². The van der Waals surface area contributed by atoms with Gasteiger partial charge >= 0.3 is 0 Å². The summed E-state index contributed by atoms with van der Waals surface area (Å²) in [6.45, 7) is 6.55. The third-order valence-corrected chi connectivity index (χ3v) is 3.62. The number of aliphatic hydroxyl groups is 1.